The maximum atomic E-state index is 11.6. The zero-order valence-electron chi connectivity index (χ0n) is 10.6. The SMILES string of the molecule is C=CNS(=O)(=O)COC12CC3CC(CC(C3)C1)C2. The van der Waals surface area contributed by atoms with Gasteiger partial charge in [0, 0.05) is 6.20 Å². The molecule has 0 aliphatic heterocycles. The summed E-state index contributed by atoms with van der Waals surface area (Å²) < 4.78 is 31.4. The largest absolute Gasteiger partial charge is 0.357 e. The average Bonchev–Trinajstić information content (AvgIpc) is 2.25. The summed E-state index contributed by atoms with van der Waals surface area (Å²) in [5.74, 6) is 2.08. The Kier molecular flexibility index (Phi) is 2.94. The van der Waals surface area contributed by atoms with E-state index in [0.717, 1.165) is 37.0 Å². The van der Waals surface area contributed by atoms with E-state index in [-0.39, 0.29) is 11.5 Å². The van der Waals surface area contributed by atoms with E-state index in [9.17, 15) is 8.42 Å². The van der Waals surface area contributed by atoms with E-state index in [2.05, 4.69) is 11.3 Å². The van der Waals surface area contributed by atoms with Crippen LogP contribution in [0.3, 0.4) is 0 Å². The maximum absolute atomic E-state index is 11.6. The molecule has 0 spiro atoms. The number of sulfonamides is 1. The molecule has 4 fully saturated rings. The van der Waals surface area contributed by atoms with Gasteiger partial charge >= 0.3 is 0 Å². The Balaban J connectivity index is 1.67. The van der Waals surface area contributed by atoms with Crippen LogP contribution in [0, 0.1) is 17.8 Å². The minimum absolute atomic E-state index is 0.148. The van der Waals surface area contributed by atoms with Crippen LogP contribution in [0.15, 0.2) is 12.8 Å². The second-order valence-electron chi connectivity index (χ2n) is 6.30. The van der Waals surface area contributed by atoms with Crippen molar-refractivity contribution in [2.75, 3.05) is 5.94 Å². The highest BCUT2D eigenvalue weighted by atomic mass is 32.2. The van der Waals surface area contributed by atoms with Crippen molar-refractivity contribution in [3.63, 3.8) is 0 Å². The Bertz CT molecular complexity index is 408. The molecule has 0 aromatic heterocycles. The van der Waals surface area contributed by atoms with Crippen LogP contribution in [-0.2, 0) is 14.8 Å². The number of rotatable bonds is 5. The average molecular weight is 271 g/mol. The normalized spacial score (nSPS) is 41.9. The predicted octanol–water partition coefficient (Wildman–Crippen LogP) is 1.99. The van der Waals surface area contributed by atoms with Crippen LogP contribution in [0.25, 0.3) is 0 Å². The second kappa shape index (κ2) is 4.23. The summed E-state index contributed by atoms with van der Waals surface area (Å²) in [4.78, 5) is 0. The number of hydrogen-bond donors (Lipinski definition) is 1. The number of ether oxygens (including phenoxy) is 1. The van der Waals surface area contributed by atoms with Crippen LogP contribution < -0.4 is 4.72 Å². The third-order valence-corrected chi connectivity index (χ3v) is 5.72. The van der Waals surface area contributed by atoms with Crippen molar-refractivity contribution in [2.45, 2.75) is 44.1 Å². The van der Waals surface area contributed by atoms with Gasteiger partial charge in [-0.3, -0.25) is 4.72 Å². The van der Waals surface area contributed by atoms with Crippen LogP contribution in [0.1, 0.15) is 38.5 Å². The molecule has 1 N–H and O–H groups in total. The highest BCUT2D eigenvalue weighted by Crippen LogP contribution is 2.57. The van der Waals surface area contributed by atoms with Gasteiger partial charge < -0.3 is 4.74 Å². The fourth-order valence-corrected chi connectivity index (χ4v) is 5.30. The molecule has 4 nitrogen and oxygen atoms in total. The molecule has 4 saturated carbocycles. The molecule has 0 aromatic carbocycles. The van der Waals surface area contributed by atoms with Crippen molar-refractivity contribution in [1.29, 1.82) is 0 Å². The van der Waals surface area contributed by atoms with Crippen molar-refractivity contribution in [3.8, 4) is 0 Å². The monoisotopic (exact) mass is 271 g/mol. The van der Waals surface area contributed by atoms with Gasteiger partial charge in [0.05, 0.1) is 5.60 Å². The molecule has 4 rings (SSSR count). The maximum Gasteiger partial charge on any atom is 0.256 e. The first-order valence-corrected chi connectivity index (χ1v) is 8.40. The third-order valence-electron chi connectivity index (χ3n) is 4.77. The zero-order valence-corrected chi connectivity index (χ0v) is 11.4. The summed E-state index contributed by atoms with van der Waals surface area (Å²) in [6.45, 7) is 3.37. The fraction of sp³-hybridized carbons (Fsp3) is 0.846. The van der Waals surface area contributed by atoms with Crippen molar-refractivity contribution in [1.82, 2.24) is 4.72 Å². The Hall–Kier alpha value is -0.550. The van der Waals surface area contributed by atoms with Crippen LogP contribution in [0.2, 0.25) is 0 Å². The molecule has 18 heavy (non-hydrogen) atoms. The molecule has 0 amide bonds. The van der Waals surface area contributed by atoms with Gasteiger partial charge in [0.15, 0.2) is 5.94 Å². The zero-order chi connectivity index (χ0) is 12.8. The summed E-state index contributed by atoms with van der Waals surface area (Å²) in [5.41, 5.74) is -0.148. The van der Waals surface area contributed by atoms with E-state index in [0.29, 0.717) is 0 Å². The quantitative estimate of drug-likeness (QED) is 0.832. The molecule has 102 valence electrons. The molecular weight excluding hydrogens is 250 g/mol. The van der Waals surface area contributed by atoms with Gasteiger partial charge in [-0.15, -0.1) is 0 Å². The Labute approximate surface area is 109 Å². The van der Waals surface area contributed by atoms with E-state index in [4.69, 9.17) is 4.74 Å². The molecule has 4 bridgehead atoms. The lowest BCUT2D eigenvalue weighted by Crippen LogP contribution is -2.52. The number of hydrogen-bond acceptors (Lipinski definition) is 3. The molecule has 0 aromatic rings. The van der Waals surface area contributed by atoms with Crippen LogP contribution in [-0.4, -0.2) is 20.0 Å². The third kappa shape index (κ3) is 2.30. The minimum Gasteiger partial charge on any atom is -0.357 e. The molecule has 4 aliphatic rings. The first-order valence-electron chi connectivity index (χ1n) is 6.75. The van der Waals surface area contributed by atoms with E-state index in [1.165, 1.54) is 25.5 Å². The van der Waals surface area contributed by atoms with Crippen molar-refractivity contribution < 1.29 is 13.2 Å². The second-order valence-corrected chi connectivity index (χ2v) is 8.00. The molecule has 5 heteroatoms. The molecule has 0 heterocycles. The van der Waals surface area contributed by atoms with Gasteiger partial charge in [-0.05, 0) is 56.3 Å². The van der Waals surface area contributed by atoms with E-state index >= 15 is 0 Å². The van der Waals surface area contributed by atoms with Gasteiger partial charge in [-0.25, -0.2) is 8.42 Å². The van der Waals surface area contributed by atoms with E-state index < -0.39 is 10.0 Å². The highest BCUT2D eigenvalue weighted by Gasteiger charge is 2.52. The predicted molar refractivity (Wildman–Crippen MR) is 69.1 cm³/mol. The molecular formula is C13H21NO3S. The van der Waals surface area contributed by atoms with Crippen LogP contribution in [0.4, 0.5) is 0 Å². The van der Waals surface area contributed by atoms with Gasteiger partial charge in [-0.1, -0.05) is 6.58 Å². The van der Waals surface area contributed by atoms with Gasteiger partial charge in [0.25, 0.3) is 10.0 Å². The summed E-state index contributed by atoms with van der Waals surface area (Å²) in [6, 6.07) is 0. The fourth-order valence-electron chi connectivity index (χ4n) is 4.57. The van der Waals surface area contributed by atoms with E-state index in [1.54, 1.807) is 0 Å². The van der Waals surface area contributed by atoms with Crippen molar-refractivity contribution >= 4 is 10.0 Å². The first kappa shape index (κ1) is 12.5. The molecule has 0 unspecified atom stereocenters. The lowest BCUT2D eigenvalue weighted by Gasteiger charge is -2.56. The highest BCUT2D eigenvalue weighted by molar-refractivity contribution is 7.89. The van der Waals surface area contributed by atoms with Crippen LogP contribution >= 0.6 is 0 Å². The topological polar surface area (TPSA) is 55.4 Å². The molecule has 0 radical (unpaired) electrons. The molecule has 0 saturated heterocycles. The lowest BCUT2D eigenvalue weighted by atomic mass is 9.54. The smallest absolute Gasteiger partial charge is 0.256 e. The Morgan fingerprint density at radius 1 is 1.17 bits per heavy atom. The van der Waals surface area contributed by atoms with Gasteiger partial charge in [0.1, 0.15) is 0 Å². The standard InChI is InChI=1S/C13H21NO3S/c1-2-14-18(15,16)9-17-13-6-10-3-11(7-13)5-12(4-10)8-13/h2,10-12,14H,1,3-9H2. The van der Waals surface area contributed by atoms with Crippen molar-refractivity contribution in [3.05, 3.63) is 12.8 Å². The lowest BCUT2D eigenvalue weighted by molar-refractivity contribution is -0.151. The Morgan fingerprint density at radius 2 is 1.67 bits per heavy atom. The first-order chi connectivity index (χ1) is 8.50. The van der Waals surface area contributed by atoms with Crippen molar-refractivity contribution in [2.24, 2.45) is 17.8 Å². The molecule has 0 atom stereocenters. The van der Waals surface area contributed by atoms with Gasteiger partial charge in [-0.2, -0.15) is 0 Å². The van der Waals surface area contributed by atoms with Crippen LogP contribution in [0.5, 0.6) is 0 Å². The van der Waals surface area contributed by atoms with Gasteiger partial charge in [0.2, 0.25) is 0 Å². The van der Waals surface area contributed by atoms with E-state index in [1.807, 2.05) is 0 Å². The Morgan fingerprint density at radius 3 is 2.11 bits per heavy atom. The summed E-state index contributed by atoms with van der Waals surface area (Å²) in [6.07, 6.45) is 8.37. The summed E-state index contributed by atoms with van der Waals surface area (Å²) in [7, 11) is -3.37. The number of nitrogens with one attached hydrogen (secondary N) is 1. The molecule has 4 aliphatic carbocycles. The summed E-state index contributed by atoms with van der Waals surface area (Å²) >= 11 is 0. The minimum atomic E-state index is -3.37. The summed E-state index contributed by atoms with van der Waals surface area (Å²) in [5, 5.41) is 0.